The number of para-hydroxylation sites is 1. The fraction of sp³-hybridized carbons (Fsp3) is 0.0952. The average molecular weight is 361 g/mol. The van der Waals surface area contributed by atoms with E-state index in [1.54, 1.807) is 30.3 Å². The minimum Gasteiger partial charge on any atom is -0.476 e. The number of carbonyl (C=O) groups excluding carboxylic acids is 1. The molecule has 0 spiro atoms. The van der Waals surface area contributed by atoms with E-state index >= 15 is 0 Å². The molecule has 6 heteroatoms. The van der Waals surface area contributed by atoms with Gasteiger partial charge in [0.15, 0.2) is 5.71 Å². The topological polar surface area (TPSA) is 73.2 Å². The minimum atomic E-state index is -1.24. The van der Waals surface area contributed by atoms with Crippen molar-refractivity contribution in [3.05, 3.63) is 77.9 Å². The summed E-state index contributed by atoms with van der Waals surface area (Å²) >= 11 is 0. The summed E-state index contributed by atoms with van der Waals surface area (Å²) in [6, 6.07) is 16.6. The maximum Gasteiger partial charge on any atom is 0.357 e. The molecule has 6 nitrogen and oxygen atoms in total. The van der Waals surface area contributed by atoms with Crippen molar-refractivity contribution < 1.29 is 14.7 Å². The first-order valence-electron chi connectivity index (χ1n) is 8.35. The highest BCUT2D eigenvalue weighted by atomic mass is 16.4. The van der Waals surface area contributed by atoms with Gasteiger partial charge in [0.2, 0.25) is 0 Å². The third kappa shape index (κ3) is 3.95. The lowest BCUT2D eigenvalue weighted by Gasteiger charge is -2.11. The van der Waals surface area contributed by atoms with Gasteiger partial charge >= 0.3 is 5.97 Å². The average Bonchev–Trinajstić information content (AvgIpc) is 3.00. The second kappa shape index (κ2) is 7.70. The van der Waals surface area contributed by atoms with Gasteiger partial charge in [-0.15, -0.1) is 0 Å². The maximum atomic E-state index is 12.6. The molecule has 2 aromatic carbocycles. The zero-order valence-corrected chi connectivity index (χ0v) is 15.0. The Labute approximate surface area is 157 Å². The number of rotatable bonds is 5. The molecule has 3 rings (SSSR count). The number of carbonyl (C=O) groups is 2. The molecule has 0 aliphatic carbocycles. The van der Waals surface area contributed by atoms with Crippen LogP contribution >= 0.6 is 0 Å². The fourth-order valence-electron chi connectivity index (χ4n) is 2.61. The Bertz CT molecular complexity index is 942. The normalized spacial score (nSPS) is 15.5. The summed E-state index contributed by atoms with van der Waals surface area (Å²) in [7, 11) is 3.93. The molecule has 0 saturated heterocycles. The number of benzene rings is 2. The van der Waals surface area contributed by atoms with Gasteiger partial charge in [-0.05, 0) is 35.9 Å². The molecule has 0 unspecified atom stereocenters. The van der Waals surface area contributed by atoms with Crippen molar-refractivity contribution in [2.45, 2.75) is 0 Å². The van der Waals surface area contributed by atoms with E-state index in [4.69, 9.17) is 0 Å². The van der Waals surface area contributed by atoms with Gasteiger partial charge in [0.1, 0.15) is 0 Å². The quantitative estimate of drug-likeness (QED) is 0.830. The Hall–Kier alpha value is -3.67. The molecular weight excluding hydrogens is 342 g/mol. The monoisotopic (exact) mass is 361 g/mol. The zero-order valence-electron chi connectivity index (χ0n) is 15.0. The van der Waals surface area contributed by atoms with Gasteiger partial charge < -0.3 is 10.0 Å². The molecule has 1 aliphatic heterocycles. The smallest absolute Gasteiger partial charge is 0.357 e. The Morgan fingerprint density at radius 2 is 1.74 bits per heavy atom. The molecule has 1 N–H and O–H groups in total. The van der Waals surface area contributed by atoms with E-state index in [0.29, 0.717) is 5.69 Å². The summed E-state index contributed by atoms with van der Waals surface area (Å²) in [5, 5.41) is 14.5. The van der Waals surface area contributed by atoms with Gasteiger partial charge in [-0.1, -0.05) is 42.5 Å². The maximum absolute atomic E-state index is 12.6. The van der Waals surface area contributed by atoms with Crippen LogP contribution in [0.5, 0.6) is 0 Å². The number of amides is 1. The second-order valence-corrected chi connectivity index (χ2v) is 6.13. The highest BCUT2D eigenvalue weighted by Crippen LogP contribution is 2.23. The molecule has 27 heavy (non-hydrogen) atoms. The minimum absolute atomic E-state index is 0.0486. The van der Waals surface area contributed by atoms with E-state index in [0.717, 1.165) is 16.3 Å². The van der Waals surface area contributed by atoms with Crippen molar-refractivity contribution in [1.82, 2.24) is 0 Å². The van der Waals surface area contributed by atoms with E-state index in [9.17, 15) is 14.7 Å². The van der Waals surface area contributed by atoms with Crippen LogP contribution in [-0.4, -0.2) is 36.8 Å². The van der Waals surface area contributed by atoms with Crippen LogP contribution < -0.4 is 9.91 Å². The predicted molar refractivity (Wildman–Crippen MR) is 107 cm³/mol. The molecule has 0 saturated carbocycles. The molecule has 0 atom stereocenters. The second-order valence-electron chi connectivity index (χ2n) is 6.13. The molecular formula is C21H19N3O3. The van der Waals surface area contributed by atoms with Crippen LogP contribution in [0.1, 0.15) is 5.56 Å². The Kier molecular flexibility index (Phi) is 5.17. The predicted octanol–water partition coefficient (Wildman–Crippen LogP) is 3.18. The first-order chi connectivity index (χ1) is 13.0. The third-order valence-corrected chi connectivity index (χ3v) is 4.04. The lowest BCUT2D eigenvalue weighted by Crippen LogP contribution is -2.22. The number of carboxylic acid groups (broad SMARTS) is 1. The van der Waals surface area contributed by atoms with Gasteiger partial charge in [0.25, 0.3) is 5.91 Å². The summed E-state index contributed by atoms with van der Waals surface area (Å²) in [6.07, 6.45) is 4.95. The van der Waals surface area contributed by atoms with E-state index in [1.165, 1.54) is 6.08 Å². The van der Waals surface area contributed by atoms with E-state index in [-0.39, 0.29) is 11.3 Å². The molecule has 0 fully saturated rings. The number of hydrogen-bond donors (Lipinski definition) is 1. The van der Waals surface area contributed by atoms with Crippen LogP contribution in [0.2, 0.25) is 0 Å². The number of anilines is 2. The van der Waals surface area contributed by atoms with Gasteiger partial charge in [-0.2, -0.15) is 10.1 Å². The van der Waals surface area contributed by atoms with Crippen LogP contribution in [-0.2, 0) is 9.59 Å². The lowest BCUT2D eigenvalue weighted by atomic mass is 10.1. The molecule has 1 aliphatic rings. The number of carboxylic acids is 1. The largest absolute Gasteiger partial charge is 0.476 e. The Morgan fingerprint density at radius 3 is 2.33 bits per heavy atom. The van der Waals surface area contributed by atoms with Crippen molar-refractivity contribution in [2.75, 3.05) is 24.0 Å². The van der Waals surface area contributed by atoms with Gasteiger partial charge in [0, 0.05) is 19.8 Å². The third-order valence-electron chi connectivity index (χ3n) is 4.04. The molecule has 1 heterocycles. The Balaban J connectivity index is 1.85. The first kappa shape index (κ1) is 18.1. The molecule has 1 amide bonds. The summed E-state index contributed by atoms with van der Waals surface area (Å²) in [5.74, 6) is -1.71. The molecule has 136 valence electrons. The zero-order chi connectivity index (χ0) is 19.4. The fourth-order valence-corrected chi connectivity index (χ4v) is 2.61. The van der Waals surface area contributed by atoms with Gasteiger partial charge in [-0.25, -0.2) is 4.79 Å². The number of allylic oxidation sites excluding steroid dienone is 2. The molecule has 2 aromatic rings. The van der Waals surface area contributed by atoms with Gasteiger partial charge in [-0.3, -0.25) is 4.79 Å². The van der Waals surface area contributed by atoms with Crippen LogP contribution in [0.3, 0.4) is 0 Å². The number of aliphatic carboxylic acids is 1. The van der Waals surface area contributed by atoms with Crippen LogP contribution in [0.25, 0.3) is 6.08 Å². The first-order valence-corrected chi connectivity index (χ1v) is 8.35. The SMILES string of the molecule is CN(C)c1ccc(/C=C/C=C2C(=O)N(c3ccccc3)N=C2C(=O)O)cc1. The van der Waals surface area contributed by atoms with Crippen molar-refractivity contribution >= 4 is 35.0 Å². The number of hydrogen-bond acceptors (Lipinski definition) is 4. The van der Waals surface area contributed by atoms with E-state index < -0.39 is 11.9 Å². The highest BCUT2D eigenvalue weighted by molar-refractivity contribution is 6.52. The summed E-state index contributed by atoms with van der Waals surface area (Å²) < 4.78 is 0. The molecule has 0 bridgehead atoms. The van der Waals surface area contributed by atoms with Crippen molar-refractivity contribution in [3.8, 4) is 0 Å². The highest BCUT2D eigenvalue weighted by Gasteiger charge is 2.34. The van der Waals surface area contributed by atoms with Crippen LogP contribution in [0.4, 0.5) is 11.4 Å². The van der Waals surface area contributed by atoms with Gasteiger partial charge in [0.05, 0.1) is 11.3 Å². The van der Waals surface area contributed by atoms with Crippen LogP contribution in [0, 0.1) is 0 Å². The molecule has 0 aromatic heterocycles. The van der Waals surface area contributed by atoms with Crippen molar-refractivity contribution in [2.24, 2.45) is 5.10 Å². The summed E-state index contributed by atoms with van der Waals surface area (Å²) in [5.41, 5.74) is 2.32. The number of nitrogens with zero attached hydrogens (tertiary/aromatic N) is 3. The summed E-state index contributed by atoms with van der Waals surface area (Å²) in [4.78, 5) is 26.1. The number of hydrazone groups is 1. The Morgan fingerprint density at radius 1 is 1.07 bits per heavy atom. The van der Waals surface area contributed by atoms with E-state index in [2.05, 4.69) is 5.10 Å². The van der Waals surface area contributed by atoms with Crippen molar-refractivity contribution in [1.29, 1.82) is 0 Å². The lowest BCUT2D eigenvalue weighted by molar-refractivity contribution is -0.129. The van der Waals surface area contributed by atoms with Crippen LogP contribution in [0.15, 0.2) is 77.4 Å². The summed E-state index contributed by atoms with van der Waals surface area (Å²) in [6.45, 7) is 0. The molecule has 0 radical (unpaired) electrons. The van der Waals surface area contributed by atoms with E-state index in [1.807, 2.05) is 55.4 Å². The van der Waals surface area contributed by atoms with Crippen molar-refractivity contribution in [3.63, 3.8) is 0 Å². The standard InChI is InChI=1S/C21H19N3O3/c1-23(2)16-13-11-15(12-14-16)7-6-10-18-19(21(26)27)22-24(20(18)25)17-8-4-3-5-9-17/h3-14H,1-2H3,(H,26,27)/b7-6+,18-10?.